The number of rotatable bonds is 4. The van der Waals surface area contributed by atoms with Crippen LogP contribution in [0.4, 0.5) is 0 Å². The maximum atomic E-state index is 9.18. The Kier molecular flexibility index (Phi) is 4.81. The highest BCUT2D eigenvalue weighted by Crippen LogP contribution is 2.18. The zero-order valence-electron chi connectivity index (χ0n) is 8.94. The Labute approximate surface area is 85.3 Å². The van der Waals surface area contributed by atoms with Crippen molar-refractivity contribution in [1.82, 2.24) is 5.32 Å². The number of ether oxygens (including phenoxy) is 1. The lowest BCUT2D eigenvalue weighted by atomic mass is 10.00. The minimum atomic E-state index is -0.650. The highest BCUT2D eigenvalue weighted by Gasteiger charge is 2.24. The molecule has 0 aromatic heterocycles. The van der Waals surface area contributed by atoms with E-state index >= 15 is 0 Å². The maximum Gasteiger partial charge on any atom is 0.0895 e. The summed E-state index contributed by atoms with van der Waals surface area (Å²) in [6.07, 6.45) is 1.86. The van der Waals surface area contributed by atoms with Gasteiger partial charge < -0.3 is 20.3 Å². The second-order valence-corrected chi connectivity index (χ2v) is 4.17. The van der Waals surface area contributed by atoms with E-state index in [-0.39, 0.29) is 18.8 Å². The first-order chi connectivity index (χ1) is 6.61. The molecule has 14 heavy (non-hydrogen) atoms. The van der Waals surface area contributed by atoms with Crippen LogP contribution in [0.1, 0.15) is 26.7 Å². The molecule has 1 saturated heterocycles. The van der Waals surface area contributed by atoms with Gasteiger partial charge in [-0.3, -0.25) is 0 Å². The molecule has 0 radical (unpaired) electrons. The summed E-state index contributed by atoms with van der Waals surface area (Å²) < 4.78 is 5.60. The van der Waals surface area contributed by atoms with E-state index in [0.29, 0.717) is 12.6 Å². The minimum absolute atomic E-state index is 0.179. The quantitative estimate of drug-likeness (QED) is 0.596. The average Bonchev–Trinajstić information content (AvgIpc) is 2.12. The molecule has 0 saturated carbocycles. The van der Waals surface area contributed by atoms with E-state index in [1.807, 2.05) is 0 Å². The van der Waals surface area contributed by atoms with Crippen LogP contribution in [-0.2, 0) is 4.74 Å². The van der Waals surface area contributed by atoms with Gasteiger partial charge in [-0.05, 0) is 26.7 Å². The van der Waals surface area contributed by atoms with E-state index in [4.69, 9.17) is 9.84 Å². The first-order valence-corrected chi connectivity index (χ1v) is 5.29. The molecule has 3 unspecified atom stereocenters. The predicted molar refractivity (Wildman–Crippen MR) is 54.1 cm³/mol. The lowest BCUT2D eigenvalue weighted by Crippen LogP contribution is -2.44. The molecule has 1 heterocycles. The van der Waals surface area contributed by atoms with Gasteiger partial charge in [0.25, 0.3) is 0 Å². The number of hydrogen-bond acceptors (Lipinski definition) is 4. The fourth-order valence-corrected chi connectivity index (χ4v) is 1.94. The van der Waals surface area contributed by atoms with Crippen LogP contribution in [0.3, 0.4) is 0 Å². The van der Waals surface area contributed by atoms with Crippen LogP contribution >= 0.6 is 0 Å². The van der Waals surface area contributed by atoms with Crippen LogP contribution in [0.5, 0.6) is 0 Å². The zero-order valence-corrected chi connectivity index (χ0v) is 8.94. The molecular formula is C10H21NO3. The normalized spacial score (nSPS) is 35.6. The standard InChI is InChI=1S/C10H21NO3/c1-7-3-9(4-8(2)14-7)11-5-10(13)6-12/h7-13H,3-6H2,1-2H3. The van der Waals surface area contributed by atoms with Gasteiger partial charge in [0, 0.05) is 12.6 Å². The molecule has 4 nitrogen and oxygen atoms in total. The molecule has 84 valence electrons. The SMILES string of the molecule is CC1CC(NCC(O)CO)CC(C)O1. The lowest BCUT2D eigenvalue weighted by Gasteiger charge is -2.33. The predicted octanol–water partition coefficient (Wildman–Crippen LogP) is -0.115. The number of nitrogens with one attached hydrogen (secondary N) is 1. The van der Waals surface area contributed by atoms with Gasteiger partial charge in [0.05, 0.1) is 24.9 Å². The fourth-order valence-electron chi connectivity index (χ4n) is 1.94. The van der Waals surface area contributed by atoms with Gasteiger partial charge >= 0.3 is 0 Å². The molecule has 3 atom stereocenters. The second kappa shape index (κ2) is 5.66. The van der Waals surface area contributed by atoms with E-state index < -0.39 is 6.10 Å². The summed E-state index contributed by atoms with van der Waals surface area (Å²) in [7, 11) is 0. The number of aliphatic hydroxyl groups excluding tert-OH is 2. The molecule has 0 aliphatic carbocycles. The average molecular weight is 203 g/mol. The summed E-state index contributed by atoms with van der Waals surface area (Å²) >= 11 is 0. The van der Waals surface area contributed by atoms with Crippen LogP contribution in [0.25, 0.3) is 0 Å². The van der Waals surface area contributed by atoms with Crippen molar-refractivity contribution in [3.8, 4) is 0 Å². The Hall–Kier alpha value is -0.160. The monoisotopic (exact) mass is 203 g/mol. The van der Waals surface area contributed by atoms with Gasteiger partial charge in [0.15, 0.2) is 0 Å². The van der Waals surface area contributed by atoms with Crippen LogP contribution in [-0.4, -0.2) is 47.7 Å². The van der Waals surface area contributed by atoms with Crippen molar-refractivity contribution in [1.29, 1.82) is 0 Å². The fraction of sp³-hybridized carbons (Fsp3) is 1.00. The first kappa shape index (κ1) is 11.9. The van der Waals surface area contributed by atoms with Gasteiger partial charge in [-0.1, -0.05) is 0 Å². The van der Waals surface area contributed by atoms with Gasteiger partial charge in [-0.25, -0.2) is 0 Å². The van der Waals surface area contributed by atoms with Crippen molar-refractivity contribution in [2.75, 3.05) is 13.2 Å². The van der Waals surface area contributed by atoms with Crippen molar-refractivity contribution in [3.05, 3.63) is 0 Å². The van der Waals surface area contributed by atoms with Crippen LogP contribution in [0.15, 0.2) is 0 Å². The third-order valence-corrected chi connectivity index (χ3v) is 2.55. The zero-order chi connectivity index (χ0) is 10.6. The summed E-state index contributed by atoms with van der Waals surface area (Å²) in [6.45, 7) is 4.40. The lowest BCUT2D eigenvalue weighted by molar-refractivity contribution is -0.0439. The van der Waals surface area contributed by atoms with E-state index in [0.717, 1.165) is 12.8 Å². The first-order valence-electron chi connectivity index (χ1n) is 5.29. The molecular weight excluding hydrogens is 182 g/mol. The van der Waals surface area contributed by atoms with Crippen LogP contribution in [0, 0.1) is 0 Å². The molecule has 1 rings (SSSR count). The highest BCUT2D eigenvalue weighted by molar-refractivity contribution is 4.79. The molecule has 0 amide bonds. The Morgan fingerprint density at radius 1 is 1.36 bits per heavy atom. The van der Waals surface area contributed by atoms with Crippen molar-refractivity contribution in [2.24, 2.45) is 0 Å². The Bertz CT molecular complexity index is 155. The van der Waals surface area contributed by atoms with Gasteiger partial charge in [-0.15, -0.1) is 0 Å². The molecule has 1 aliphatic rings. The van der Waals surface area contributed by atoms with Crippen LogP contribution < -0.4 is 5.32 Å². The third-order valence-electron chi connectivity index (χ3n) is 2.55. The molecule has 0 bridgehead atoms. The van der Waals surface area contributed by atoms with Crippen molar-refractivity contribution in [3.63, 3.8) is 0 Å². The van der Waals surface area contributed by atoms with Crippen LogP contribution in [0.2, 0.25) is 0 Å². The van der Waals surface area contributed by atoms with Gasteiger partial charge in [0.1, 0.15) is 0 Å². The second-order valence-electron chi connectivity index (χ2n) is 4.17. The summed E-state index contributed by atoms with van der Waals surface area (Å²) in [4.78, 5) is 0. The molecule has 0 aromatic rings. The topological polar surface area (TPSA) is 61.7 Å². The minimum Gasteiger partial charge on any atom is -0.394 e. The number of hydrogen-bond donors (Lipinski definition) is 3. The molecule has 0 aromatic carbocycles. The Morgan fingerprint density at radius 3 is 2.43 bits per heavy atom. The largest absolute Gasteiger partial charge is 0.394 e. The van der Waals surface area contributed by atoms with Gasteiger partial charge in [0.2, 0.25) is 0 Å². The van der Waals surface area contributed by atoms with Gasteiger partial charge in [-0.2, -0.15) is 0 Å². The van der Waals surface area contributed by atoms with Crippen molar-refractivity contribution in [2.45, 2.75) is 51.0 Å². The smallest absolute Gasteiger partial charge is 0.0895 e. The molecule has 4 heteroatoms. The molecule has 3 N–H and O–H groups in total. The Balaban J connectivity index is 2.23. The van der Waals surface area contributed by atoms with E-state index in [1.165, 1.54) is 0 Å². The maximum absolute atomic E-state index is 9.18. The molecule has 1 fully saturated rings. The molecule has 0 spiro atoms. The highest BCUT2D eigenvalue weighted by atomic mass is 16.5. The summed E-state index contributed by atoms with van der Waals surface area (Å²) in [5.74, 6) is 0. The summed E-state index contributed by atoms with van der Waals surface area (Å²) in [5.41, 5.74) is 0. The Morgan fingerprint density at radius 2 is 1.93 bits per heavy atom. The summed E-state index contributed by atoms with van der Waals surface area (Å²) in [6, 6.07) is 0.398. The van der Waals surface area contributed by atoms with E-state index in [1.54, 1.807) is 0 Å². The summed E-state index contributed by atoms with van der Waals surface area (Å²) in [5, 5.41) is 21.1. The number of aliphatic hydroxyl groups is 2. The van der Waals surface area contributed by atoms with E-state index in [2.05, 4.69) is 19.2 Å². The third kappa shape index (κ3) is 3.92. The van der Waals surface area contributed by atoms with Crippen molar-refractivity contribution < 1.29 is 14.9 Å². The van der Waals surface area contributed by atoms with E-state index in [9.17, 15) is 5.11 Å². The van der Waals surface area contributed by atoms with Crippen molar-refractivity contribution >= 4 is 0 Å². The molecule has 1 aliphatic heterocycles.